The molecule has 0 radical (unpaired) electrons. The zero-order valence-electron chi connectivity index (χ0n) is 12.8. The predicted molar refractivity (Wildman–Crippen MR) is 81.7 cm³/mol. The molecule has 1 aromatic heterocycles. The summed E-state index contributed by atoms with van der Waals surface area (Å²) in [5.41, 5.74) is -0.323. The van der Waals surface area contributed by atoms with E-state index in [0.717, 1.165) is 11.6 Å². The fourth-order valence-corrected chi connectivity index (χ4v) is 2.54. The number of hydrogen-bond donors (Lipinski definition) is 1. The van der Waals surface area contributed by atoms with Crippen LogP contribution in [0.4, 0.5) is 19.0 Å². The number of hydrogen-bond acceptors (Lipinski definition) is 5. The Morgan fingerprint density at radius 1 is 1.08 bits per heavy atom. The van der Waals surface area contributed by atoms with E-state index in [1.54, 1.807) is 31.0 Å². The molecule has 2 rings (SSSR count). The third-order valence-corrected chi connectivity index (χ3v) is 4.50. The summed E-state index contributed by atoms with van der Waals surface area (Å²) >= 11 is 0. The lowest BCUT2D eigenvalue weighted by atomic mass is 10.1. The van der Waals surface area contributed by atoms with Crippen LogP contribution in [0.2, 0.25) is 0 Å². The minimum atomic E-state index is -4.54. The molecule has 10 heteroatoms. The van der Waals surface area contributed by atoms with Gasteiger partial charge in [-0.2, -0.15) is 13.2 Å². The number of benzene rings is 1. The van der Waals surface area contributed by atoms with Gasteiger partial charge in [0.1, 0.15) is 0 Å². The molecule has 0 bridgehead atoms. The standard InChI is InChI=1S/C14H15F3N4O2S/c1-9(10-3-5-11(6-4-10)24(18,22)23)21(2)13-8-7-12(19-20-13)14(15,16)17/h3-9H,1-2H3,(H2,18,22,23). The van der Waals surface area contributed by atoms with Crippen LogP contribution in [-0.2, 0) is 16.2 Å². The first-order valence-corrected chi connectivity index (χ1v) is 8.31. The Hall–Kier alpha value is -2.20. The topological polar surface area (TPSA) is 89.2 Å². The average molecular weight is 360 g/mol. The largest absolute Gasteiger partial charge is 0.435 e. The van der Waals surface area contributed by atoms with Crippen molar-refractivity contribution in [3.05, 3.63) is 47.7 Å². The number of aromatic nitrogens is 2. The molecule has 0 fully saturated rings. The van der Waals surface area contributed by atoms with Crippen molar-refractivity contribution in [1.29, 1.82) is 0 Å². The van der Waals surface area contributed by atoms with E-state index in [-0.39, 0.29) is 16.8 Å². The van der Waals surface area contributed by atoms with Gasteiger partial charge in [0.15, 0.2) is 11.5 Å². The van der Waals surface area contributed by atoms with Gasteiger partial charge in [-0.05, 0) is 36.8 Å². The SMILES string of the molecule is CC(c1ccc(S(N)(=O)=O)cc1)N(C)c1ccc(C(F)(F)F)nn1. The number of nitrogens with zero attached hydrogens (tertiary/aromatic N) is 3. The van der Waals surface area contributed by atoms with Crippen LogP contribution in [0.1, 0.15) is 24.2 Å². The molecular formula is C14H15F3N4O2S. The number of rotatable bonds is 4. The van der Waals surface area contributed by atoms with Crippen molar-refractivity contribution < 1.29 is 21.6 Å². The van der Waals surface area contributed by atoms with Gasteiger partial charge in [-0.3, -0.25) is 0 Å². The highest BCUT2D eigenvalue weighted by molar-refractivity contribution is 7.89. The Labute approximate surface area is 137 Å². The zero-order valence-corrected chi connectivity index (χ0v) is 13.6. The second-order valence-corrected chi connectivity index (χ2v) is 6.74. The van der Waals surface area contributed by atoms with E-state index in [9.17, 15) is 21.6 Å². The molecule has 0 saturated heterocycles. The van der Waals surface area contributed by atoms with Gasteiger partial charge < -0.3 is 4.90 Å². The summed E-state index contributed by atoms with van der Waals surface area (Å²) < 4.78 is 60.0. The van der Waals surface area contributed by atoms with Crippen LogP contribution in [0.15, 0.2) is 41.3 Å². The summed E-state index contributed by atoms with van der Waals surface area (Å²) in [6, 6.07) is 7.71. The fourth-order valence-electron chi connectivity index (χ4n) is 2.02. The van der Waals surface area contributed by atoms with Crippen LogP contribution in [-0.4, -0.2) is 25.7 Å². The quantitative estimate of drug-likeness (QED) is 0.904. The summed E-state index contributed by atoms with van der Waals surface area (Å²) in [7, 11) is -2.13. The first-order chi connectivity index (χ1) is 11.0. The number of nitrogens with two attached hydrogens (primary N) is 1. The normalized spacial score (nSPS) is 13.6. The summed E-state index contributed by atoms with van der Waals surface area (Å²) in [5.74, 6) is 0.256. The van der Waals surface area contributed by atoms with Gasteiger partial charge in [0.25, 0.3) is 0 Å². The van der Waals surface area contributed by atoms with Crippen molar-refractivity contribution in [1.82, 2.24) is 10.2 Å². The van der Waals surface area contributed by atoms with Gasteiger partial charge in [0.05, 0.1) is 10.9 Å². The summed E-state index contributed by atoms with van der Waals surface area (Å²) in [6.45, 7) is 1.80. The maximum Gasteiger partial charge on any atom is 0.435 e. The lowest BCUT2D eigenvalue weighted by Crippen LogP contribution is -2.23. The highest BCUT2D eigenvalue weighted by Crippen LogP contribution is 2.29. The highest BCUT2D eigenvalue weighted by atomic mass is 32.2. The van der Waals surface area contributed by atoms with Gasteiger partial charge >= 0.3 is 6.18 Å². The molecule has 1 aromatic carbocycles. The number of sulfonamides is 1. The van der Waals surface area contributed by atoms with Crippen molar-refractivity contribution in [2.75, 3.05) is 11.9 Å². The second kappa shape index (κ2) is 6.36. The van der Waals surface area contributed by atoms with Gasteiger partial charge in [0.2, 0.25) is 10.0 Å². The van der Waals surface area contributed by atoms with E-state index in [0.29, 0.717) is 0 Å². The molecule has 130 valence electrons. The first-order valence-electron chi connectivity index (χ1n) is 6.76. The van der Waals surface area contributed by atoms with Crippen molar-refractivity contribution in [2.24, 2.45) is 5.14 Å². The van der Waals surface area contributed by atoms with Crippen LogP contribution in [0.5, 0.6) is 0 Å². The third-order valence-electron chi connectivity index (χ3n) is 3.57. The molecule has 0 aliphatic heterocycles. The van der Waals surface area contributed by atoms with E-state index in [2.05, 4.69) is 10.2 Å². The van der Waals surface area contributed by atoms with Crippen LogP contribution >= 0.6 is 0 Å². The smallest absolute Gasteiger partial charge is 0.351 e. The molecule has 24 heavy (non-hydrogen) atoms. The minimum absolute atomic E-state index is 0.0181. The van der Waals surface area contributed by atoms with Crippen LogP contribution < -0.4 is 10.0 Å². The Morgan fingerprint density at radius 2 is 1.67 bits per heavy atom. The van der Waals surface area contributed by atoms with Crippen molar-refractivity contribution in [3.8, 4) is 0 Å². The molecule has 0 amide bonds. The molecule has 0 aliphatic rings. The second-order valence-electron chi connectivity index (χ2n) is 5.18. The van der Waals surface area contributed by atoms with Gasteiger partial charge in [-0.1, -0.05) is 12.1 Å². The monoisotopic (exact) mass is 360 g/mol. The Balaban J connectivity index is 2.21. The molecule has 6 nitrogen and oxygen atoms in total. The highest BCUT2D eigenvalue weighted by Gasteiger charge is 2.33. The molecule has 1 atom stereocenters. The maximum atomic E-state index is 12.5. The lowest BCUT2D eigenvalue weighted by molar-refractivity contribution is -0.141. The number of halogens is 3. The first kappa shape index (κ1) is 18.1. The van der Waals surface area contributed by atoms with Crippen LogP contribution in [0.25, 0.3) is 0 Å². The van der Waals surface area contributed by atoms with E-state index in [1.807, 2.05) is 0 Å². The van der Waals surface area contributed by atoms with Crippen molar-refractivity contribution >= 4 is 15.8 Å². The minimum Gasteiger partial charge on any atom is -0.351 e. The molecule has 1 heterocycles. The van der Waals surface area contributed by atoms with E-state index in [1.165, 1.54) is 18.2 Å². The van der Waals surface area contributed by atoms with E-state index < -0.39 is 21.9 Å². The summed E-state index contributed by atoms with van der Waals surface area (Å²) in [4.78, 5) is 1.61. The van der Waals surface area contributed by atoms with Gasteiger partial charge in [0, 0.05) is 7.05 Å². The molecular weight excluding hydrogens is 345 g/mol. The molecule has 2 aromatic rings. The molecule has 0 saturated carbocycles. The summed E-state index contributed by atoms with van der Waals surface area (Å²) in [6.07, 6.45) is -4.54. The molecule has 1 unspecified atom stereocenters. The zero-order chi connectivity index (χ0) is 18.1. The van der Waals surface area contributed by atoms with Crippen molar-refractivity contribution in [2.45, 2.75) is 24.0 Å². The molecule has 0 aliphatic carbocycles. The molecule has 2 N–H and O–H groups in total. The fraction of sp³-hybridized carbons (Fsp3) is 0.286. The number of primary sulfonamides is 1. The maximum absolute atomic E-state index is 12.5. The summed E-state index contributed by atoms with van der Waals surface area (Å²) in [5, 5.41) is 11.8. The third kappa shape index (κ3) is 4.01. The Morgan fingerprint density at radius 3 is 2.08 bits per heavy atom. The van der Waals surface area contributed by atoms with E-state index in [4.69, 9.17) is 5.14 Å². The average Bonchev–Trinajstić information content (AvgIpc) is 2.52. The van der Waals surface area contributed by atoms with Crippen molar-refractivity contribution in [3.63, 3.8) is 0 Å². The Bertz CT molecular complexity index is 805. The van der Waals surface area contributed by atoms with Crippen LogP contribution in [0.3, 0.4) is 0 Å². The van der Waals surface area contributed by atoms with E-state index >= 15 is 0 Å². The van der Waals surface area contributed by atoms with Gasteiger partial charge in [-0.25, -0.2) is 13.6 Å². The predicted octanol–water partition coefficient (Wildman–Crippen LogP) is 2.34. The number of anilines is 1. The lowest BCUT2D eigenvalue weighted by Gasteiger charge is -2.26. The molecule has 0 spiro atoms. The van der Waals surface area contributed by atoms with Crippen LogP contribution in [0, 0.1) is 0 Å². The Kier molecular flexibility index (Phi) is 4.81. The number of alkyl halides is 3. The van der Waals surface area contributed by atoms with Gasteiger partial charge in [-0.15, -0.1) is 10.2 Å².